The van der Waals surface area contributed by atoms with E-state index in [1.54, 1.807) is 17.0 Å². The molecule has 2 aromatic carbocycles. The van der Waals surface area contributed by atoms with Crippen molar-refractivity contribution in [1.29, 1.82) is 0 Å². The third-order valence-corrected chi connectivity index (χ3v) is 5.78. The Hall–Kier alpha value is -3.36. The van der Waals surface area contributed by atoms with Gasteiger partial charge in [-0.05, 0) is 24.3 Å². The lowest BCUT2D eigenvalue weighted by Crippen LogP contribution is -2.42. The molecule has 0 N–H and O–H groups in total. The number of nitrogens with zero attached hydrogens (tertiary/aromatic N) is 5. The van der Waals surface area contributed by atoms with Crippen LogP contribution in [0.1, 0.15) is 0 Å². The molecule has 1 amide bonds. The minimum Gasteiger partial charge on any atom is -0.378 e. The molecule has 1 aliphatic rings. The molecule has 0 atom stereocenters. The average Bonchev–Trinajstić information content (AvgIpc) is 3.20. The number of halogens is 2. The first-order valence-corrected chi connectivity index (χ1v) is 10.6. The van der Waals surface area contributed by atoms with E-state index in [2.05, 4.69) is 15.3 Å². The number of ether oxygens (including phenoxy) is 1. The van der Waals surface area contributed by atoms with Crippen LogP contribution in [0, 0.1) is 5.82 Å². The molecule has 1 aliphatic heterocycles. The Morgan fingerprint density at radius 1 is 0.969 bits per heavy atom. The molecule has 162 valence electrons. The highest BCUT2D eigenvalue weighted by atomic mass is 35.5. The number of carbonyl (C=O) groups is 1. The van der Waals surface area contributed by atoms with E-state index in [0.29, 0.717) is 59.3 Å². The second kappa shape index (κ2) is 8.64. The summed E-state index contributed by atoms with van der Waals surface area (Å²) in [5, 5.41) is 14.3. The second-order valence-corrected chi connectivity index (χ2v) is 7.81. The lowest BCUT2D eigenvalue weighted by atomic mass is 10.1. The average molecular weight is 452 g/mol. The van der Waals surface area contributed by atoms with Gasteiger partial charge in [0, 0.05) is 24.2 Å². The van der Waals surface area contributed by atoms with E-state index < -0.39 is 0 Å². The fourth-order valence-electron chi connectivity index (χ4n) is 3.76. The number of hydrogen-bond acceptors (Lipinski definition) is 5. The van der Waals surface area contributed by atoms with Gasteiger partial charge in [0.15, 0.2) is 5.65 Å². The van der Waals surface area contributed by atoms with Crippen LogP contribution in [0.5, 0.6) is 0 Å². The third-order valence-electron chi connectivity index (χ3n) is 5.41. The summed E-state index contributed by atoms with van der Waals surface area (Å²) >= 11 is 6.82. The molecular formula is C23H19ClFN5O2. The van der Waals surface area contributed by atoms with Gasteiger partial charge < -0.3 is 9.64 Å². The van der Waals surface area contributed by atoms with Crippen LogP contribution in [-0.2, 0) is 16.1 Å². The van der Waals surface area contributed by atoms with Gasteiger partial charge in [-0.1, -0.05) is 41.9 Å². The molecule has 0 unspecified atom stereocenters. The molecule has 9 heteroatoms. The normalized spacial score (nSPS) is 14.1. The summed E-state index contributed by atoms with van der Waals surface area (Å²) in [5.41, 5.74) is 2.92. The van der Waals surface area contributed by atoms with E-state index in [1.807, 2.05) is 30.3 Å². The Morgan fingerprint density at radius 2 is 1.66 bits per heavy atom. The van der Waals surface area contributed by atoms with Gasteiger partial charge in [0.2, 0.25) is 5.91 Å². The van der Waals surface area contributed by atoms with Crippen molar-refractivity contribution in [3.63, 3.8) is 0 Å². The Balaban J connectivity index is 1.64. The third kappa shape index (κ3) is 3.83. The minimum absolute atomic E-state index is 0.00656. The highest BCUT2D eigenvalue weighted by Crippen LogP contribution is 2.37. The Labute approximate surface area is 188 Å². The van der Waals surface area contributed by atoms with Crippen molar-refractivity contribution in [1.82, 2.24) is 24.9 Å². The van der Waals surface area contributed by atoms with Crippen LogP contribution in [0.25, 0.3) is 33.5 Å². The SMILES string of the molecule is O=C(Cn1nc(-c2ccc(F)cc2)c2c(Cl)c(-c3ccccc3)nnc21)N1CCOCC1. The minimum atomic E-state index is -0.351. The van der Waals surface area contributed by atoms with E-state index in [0.717, 1.165) is 5.56 Å². The van der Waals surface area contributed by atoms with E-state index in [9.17, 15) is 9.18 Å². The van der Waals surface area contributed by atoms with Gasteiger partial charge in [0.25, 0.3) is 0 Å². The van der Waals surface area contributed by atoms with Gasteiger partial charge in [-0.2, -0.15) is 5.10 Å². The van der Waals surface area contributed by atoms with Gasteiger partial charge in [-0.3, -0.25) is 4.79 Å². The Bertz CT molecular complexity index is 1270. The molecule has 0 aliphatic carbocycles. The summed E-state index contributed by atoms with van der Waals surface area (Å²) in [4.78, 5) is 14.6. The van der Waals surface area contributed by atoms with Crippen molar-refractivity contribution in [3.8, 4) is 22.5 Å². The Kier molecular flexibility index (Phi) is 5.55. The van der Waals surface area contributed by atoms with Crippen molar-refractivity contribution in [2.45, 2.75) is 6.54 Å². The number of amides is 1. The fraction of sp³-hybridized carbons (Fsp3) is 0.217. The number of carbonyl (C=O) groups excluding carboxylic acids is 1. The molecule has 0 spiro atoms. The predicted octanol–water partition coefficient (Wildman–Crippen LogP) is 3.81. The molecule has 5 rings (SSSR count). The van der Waals surface area contributed by atoms with Crippen LogP contribution in [0.4, 0.5) is 4.39 Å². The maximum atomic E-state index is 13.5. The van der Waals surface area contributed by atoms with Crippen molar-refractivity contribution >= 4 is 28.5 Å². The zero-order valence-electron chi connectivity index (χ0n) is 17.0. The summed E-state index contributed by atoms with van der Waals surface area (Å²) in [6, 6.07) is 15.5. The zero-order valence-corrected chi connectivity index (χ0v) is 17.8. The maximum Gasteiger partial charge on any atom is 0.244 e. The molecule has 0 bridgehead atoms. The van der Waals surface area contributed by atoms with Crippen molar-refractivity contribution < 1.29 is 13.9 Å². The van der Waals surface area contributed by atoms with Gasteiger partial charge in [-0.15, -0.1) is 10.2 Å². The molecule has 32 heavy (non-hydrogen) atoms. The zero-order chi connectivity index (χ0) is 22.1. The molecule has 1 fully saturated rings. The molecule has 0 saturated carbocycles. The highest BCUT2D eigenvalue weighted by Gasteiger charge is 2.24. The van der Waals surface area contributed by atoms with Crippen molar-refractivity contribution in [2.75, 3.05) is 26.3 Å². The van der Waals surface area contributed by atoms with Crippen molar-refractivity contribution in [3.05, 3.63) is 65.4 Å². The highest BCUT2D eigenvalue weighted by molar-refractivity contribution is 6.38. The number of benzene rings is 2. The first kappa shape index (κ1) is 20.5. The first-order chi connectivity index (χ1) is 15.6. The molecular weight excluding hydrogens is 433 g/mol. The first-order valence-electron chi connectivity index (χ1n) is 10.2. The predicted molar refractivity (Wildman–Crippen MR) is 119 cm³/mol. The van der Waals surface area contributed by atoms with E-state index in [-0.39, 0.29) is 18.3 Å². The van der Waals surface area contributed by atoms with Gasteiger partial charge >= 0.3 is 0 Å². The number of rotatable bonds is 4. The van der Waals surface area contributed by atoms with Crippen LogP contribution in [-0.4, -0.2) is 57.1 Å². The standard InChI is InChI=1S/C23H19ClFN5O2/c24-20-19-21(16-6-8-17(25)9-7-16)28-30(14-18(31)29-10-12-32-13-11-29)23(19)27-26-22(20)15-4-2-1-3-5-15/h1-9H,10-14H2. The number of hydrogen-bond donors (Lipinski definition) is 0. The smallest absolute Gasteiger partial charge is 0.244 e. The van der Waals surface area contributed by atoms with E-state index >= 15 is 0 Å². The van der Waals surface area contributed by atoms with Crippen LogP contribution in [0.2, 0.25) is 5.02 Å². The Morgan fingerprint density at radius 3 is 2.38 bits per heavy atom. The van der Waals surface area contributed by atoms with Gasteiger partial charge in [0.1, 0.15) is 23.7 Å². The molecule has 1 saturated heterocycles. The van der Waals surface area contributed by atoms with Gasteiger partial charge in [-0.25, -0.2) is 9.07 Å². The topological polar surface area (TPSA) is 73.1 Å². The fourth-order valence-corrected chi connectivity index (χ4v) is 4.08. The summed E-state index contributed by atoms with van der Waals surface area (Å²) in [5.74, 6) is -0.440. The maximum absolute atomic E-state index is 13.5. The summed E-state index contributed by atoms with van der Waals surface area (Å²) < 4.78 is 20.4. The van der Waals surface area contributed by atoms with Crippen LogP contribution in [0.3, 0.4) is 0 Å². The number of aromatic nitrogens is 4. The number of fused-ring (bicyclic) bond motifs is 1. The molecule has 3 heterocycles. The van der Waals surface area contributed by atoms with E-state index in [1.165, 1.54) is 16.8 Å². The lowest BCUT2D eigenvalue weighted by Gasteiger charge is -2.26. The summed E-state index contributed by atoms with van der Waals surface area (Å²) in [6.07, 6.45) is 0. The van der Waals surface area contributed by atoms with Crippen molar-refractivity contribution in [2.24, 2.45) is 0 Å². The largest absolute Gasteiger partial charge is 0.378 e. The van der Waals surface area contributed by atoms with Crippen LogP contribution >= 0.6 is 11.6 Å². The van der Waals surface area contributed by atoms with E-state index in [4.69, 9.17) is 16.3 Å². The lowest BCUT2D eigenvalue weighted by molar-refractivity contribution is -0.136. The van der Waals surface area contributed by atoms with Crippen LogP contribution in [0.15, 0.2) is 54.6 Å². The second-order valence-electron chi connectivity index (χ2n) is 7.43. The van der Waals surface area contributed by atoms with Crippen LogP contribution < -0.4 is 0 Å². The summed E-state index contributed by atoms with van der Waals surface area (Å²) in [7, 11) is 0. The molecule has 0 radical (unpaired) electrons. The summed E-state index contributed by atoms with van der Waals surface area (Å²) in [6.45, 7) is 2.09. The quantitative estimate of drug-likeness (QED) is 0.471. The monoisotopic (exact) mass is 451 g/mol. The molecule has 4 aromatic rings. The number of morpholine rings is 1. The van der Waals surface area contributed by atoms with Gasteiger partial charge in [0.05, 0.1) is 23.6 Å². The molecule has 2 aromatic heterocycles. The molecule has 7 nitrogen and oxygen atoms in total.